The van der Waals surface area contributed by atoms with Gasteiger partial charge in [0.15, 0.2) is 6.19 Å². The lowest BCUT2D eigenvalue weighted by atomic mass is 10.4. The minimum atomic E-state index is 0.715. The molecule has 2 nitrogen and oxygen atoms in total. The van der Waals surface area contributed by atoms with Crippen LogP contribution in [0.3, 0.4) is 0 Å². The Morgan fingerprint density at radius 2 is 2.38 bits per heavy atom. The molecule has 0 unspecified atom stereocenters. The van der Waals surface area contributed by atoms with Crippen molar-refractivity contribution in [3.8, 4) is 6.19 Å². The molecule has 0 N–H and O–H groups in total. The second kappa shape index (κ2) is 2.17. The first kappa shape index (κ1) is 4.92. The topological polar surface area (TPSA) is 27.0 Å². The predicted molar refractivity (Wildman–Crippen MR) is 30.6 cm³/mol. The summed E-state index contributed by atoms with van der Waals surface area (Å²) in [5.74, 6) is 0. The average Bonchev–Trinajstić information content (AvgIpc) is 1.90. The Balaban J connectivity index is 2.55. The maximum absolute atomic E-state index is 8.28. The molecule has 0 aromatic rings. The second-order valence-corrected chi connectivity index (χ2v) is 1.52. The Bertz CT molecular complexity index is 162. The first-order valence-corrected chi connectivity index (χ1v) is 2.43. The molecule has 2 heteroatoms. The minimum Gasteiger partial charge on any atom is -0.283 e. The molecule has 8 heavy (non-hydrogen) atoms. The molecule has 0 spiro atoms. The molecule has 0 aliphatic carbocycles. The zero-order valence-corrected chi connectivity index (χ0v) is 4.41. The average molecular weight is 106 g/mol. The molecule has 0 aromatic heterocycles. The normalized spacial score (nSPS) is 16.1. The first-order chi connectivity index (χ1) is 3.93. The van der Waals surface area contributed by atoms with E-state index in [1.165, 1.54) is 0 Å². The first-order valence-electron chi connectivity index (χ1n) is 2.43. The van der Waals surface area contributed by atoms with Crippen LogP contribution in [0.5, 0.6) is 0 Å². The third-order valence-electron chi connectivity index (χ3n) is 0.944. The van der Waals surface area contributed by atoms with E-state index in [0.29, 0.717) is 6.54 Å². The molecule has 1 rings (SSSR count). The third kappa shape index (κ3) is 0.881. The maximum Gasteiger partial charge on any atom is 0.184 e. The van der Waals surface area contributed by atoms with E-state index in [1.54, 1.807) is 11.1 Å². The summed E-state index contributed by atoms with van der Waals surface area (Å²) in [7, 11) is 0. The van der Waals surface area contributed by atoms with E-state index in [2.05, 4.69) is 0 Å². The third-order valence-corrected chi connectivity index (χ3v) is 0.944. The van der Waals surface area contributed by atoms with Crippen LogP contribution in [0, 0.1) is 11.5 Å². The number of rotatable bonds is 0. The molecular weight excluding hydrogens is 100 g/mol. The molecule has 0 fully saturated rings. The monoisotopic (exact) mass is 106 g/mol. The van der Waals surface area contributed by atoms with Crippen molar-refractivity contribution >= 4 is 0 Å². The van der Waals surface area contributed by atoms with Crippen molar-refractivity contribution in [2.24, 2.45) is 0 Å². The summed E-state index contributed by atoms with van der Waals surface area (Å²) in [6.07, 6.45) is 9.45. The van der Waals surface area contributed by atoms with Crippen molar-refractivity contribution in [3.63, 3.8) is 0 Å². The largest absolute Gasteiger partial charge is 0.283 e. The van der Waals surface area contributed by atoms with E-state index >= 15 is 0 Å². The Morgan fingerprint density at radius 3 is 2.75 bits per heavy atom. The molecule has 0 atom stereocenters. The molecule has 1 heterocycles. The quantitative estimate of drug-likeness (QED) is 0.428. The molecular formula is C6H6N2. The van der Waals surface area contributed by atoms with Crippen molar-refractivity contribution < 1.29 is 0 Å². The van der Waals surface area contributed by atoms with Gasteiger partial charge in [-0.1, -0.05) is 12.2 Å². The van der Waals surface area contributed by atoms with Gasteiger partial charge in [-0.2, -0.15) is 5.26 Å². The standard InChI is InChI=1S/C6H6N2/c7-6-8-4-2-1-3-5-8/h1-4H,5H2. The highest BCUT2D eigenvalue weighted by Gasteiger charge is 1.92. The van der Waals surface area contributed by atoms with Gasteiger partial charge in [-0.05, 0) is 6.08 Å². The zero-order chi connectivity index (χ0) is 5.82. The van der Waals surface area contributed by atoms with Crippen LogP contribution >= 0.6 is 0 Å². The Hall–Kier alpha value is -1.23. The van der Waals surface area contributed by atoms with E-state index in [1.807, 2.05) is 24.4 Å². The number of nitriles is 1. The van der Waals surface area contributed by atoms with Crippen LogP contribution in [0.2, 0.25) is 0 Å². The predicted octanol–water partition coefficient (Wildman–Crippen LogP) is 0.853. The van der Waals surface area contributed by atoms with Crippen molar-refractivity contribution in [1.82, 2.24) is 4.90 Å². The van der Waals surface area contributed by atoms with E-state index in [0.717, 1.165) is 0 Å². The molecule has 0 bridgehead atoms. The van der Waals surface area contributed by atoms with Gasteiger partial charge in [-0.15, -0.1) is 0 Å². The van der Waals surface area contributed by atoms with Crippen molar-refractivity contribution in [2.75, 3.05) is 6.54 Å². The lowest BCUT2D eigenvalue weighted by Gasteiger charge is -2.07. The van der Waals surface area contributed by atoms with Gasteiger partial charge in [-0.3, -0.25) is 4.90 Å². The van der Waals surface area contributed by atoms with Gasteiger partial charge in [0.25, 0.3) is 0 Å². The van der Waals surface area contributed by atoms with Crippen LogP contribution in [0.1, 0.15) is 0 Å². The highest BCUT2D eigenvalue weighted by Crippen LogP contribution is 1.93. The Morgan fingerprint density at radius 1 is 1.50 bits per heavy atom. The number of hydrogen-bond donors (Lipinski definition) is 0. The van der Waals surface area contributed by atoms with Gasteiger partial charge in [0, 0.05) is 6.20 Å². The molecule has 0 saturated carbocycles. The summed E-state index contributed by atoms with van der Waals surface area (Å²) in [6, 6.07) is 0. The number of nitrogens with zero attached hydrogens (tertiary/aromatic N) is 2. The summed E-state index contributed by atoms with van der Waals surface area (Å²) in [5.41, 5.74) is 0. The van der Waals surface area contributed by atoms with Crippen LogP contribution in [0.25, 0.3) is 0 Å². The highest BCUT2D eigenvalue weighted by molar-refractivity contribution is 5.10. The summed E-state index contributed by atoms with van der Waals surface area (Å²) < 4.78 is 0. The van der Waals surface area contributed by atoms with Crippen LogP contribution in [-0.4, -0.2) is 11.4 Å². The minimum absolute atomic E-state index is 0.715. The number of hydrogen-bond acceptors (Lipinski definition) is 2. The highest BCUT2D eigenvalue weighted by atomic mass is 15.1. The lowest BCUT2D eigenvalue weighted by molar-refractivity contribution is 0.581. The summed E-state index contributed by atoms with van der Waals surface area (Å²) in [4.78, 5) is 1.56. The van der Waals surface area contributed by atoms with Crippen molar-refractivity contribution in [2.45, 2.75) is 0 Å². The zero-order valence-electron chi connectivity index (χ0n) is 4.41. The van der Waals surface area contributed by atoms with Crippen LogP contribution in [0.4, 0.5) is 0 Å². The fourth-order valence-electron chi connectivity index (χ4n) is 0.542. The summed E-state index contributed by atoms with van der Waals surface area (Å²) in [6.45, 7) is 0.715. The smallest absolute Gasteiger partial charge is 0.184 e. The van der Waals surface area contributed by atoms with Gasteiger partial charge >= 0.3 is 0 Å². The van der Waals surface area contributed by atoms with Crippen LogP contribution in [0.15, 0.2) is 24.4 Å². The van der Waals surface area contributed by atoms with E-state index in [-0.39, 0.29) is 0 Å². The van der Waals surface area contributed by atoms with Gasteiger partial charge in [0.2, 0.25) is 0 Å². The SMILES string of the molecule is N#CN1C=CC=CC1. The Kier molecular flexibility index (Phi) is 1.34. The van der Waals surface area contributed by atoms with E-state index in [9.17, 15) is 0 Å². The van der Waals surface area contributed by atoms with Crippen molar-refractivity contribution in [3.05, 3.63) is 24.4 Å². The molecule has 0 saturated heterocycles. The molecule has 0 radical (unpaired) electrons. The molecule has 40 valence electrons. The second-order valence-electron chi connectivity index (χ2n) is 1.52. The Labute approximate surface area is 48.3 Å². The van der Waals surface area contributed by atoms with E-state index < -0.39 is 0 Å². The van der Waals surface area contributed by atoms with Gasteiger partial charge in [0.05, 0.1) is 6.54 Å². The van der Waals surface area contributed by atoms with Gasteiger partial charge < -0.3 is 0 Å². The molecule has 0 amide bonds. The maximum atomic E-state index is 8.28. The van der Waals surface area contributed by atoms with Crippen LogP contribution in [-0.2, 0) is 0 Å². The summed E-state index contributed by atoms with van der Waals surface area (Å²) in [5, 5.41) is 8.28. The fraction of sp³-hybridized carbons (Fsp3) is 0.167. The summed E-state index contributed by atoms with van der Waals surface area (Å²) >= 11 is 0. The van der Waals surface area contributed by atoms with Crippen LogP contribution < -0.4 is 0 Å². The van der Waals surface area contributed by atoms with Crippen molar-refractivity contribution in [1.29, 1.82) is 5.26 Å². The van der Waals surface area contributed by atoms with Gasteiger partial charge in [0.1, 0.15) is 0 Å². The van der Waals surface area contributed by atoms with E-state index in [4.69, 9.17) is 5.26 Å². The molecule has 1 aliphatic rings. The number of allylic oxidation sites excluding steroid dienone is 2. The van der Waals surface area contributed by atoms with Gasteiger partial charge in [-0.25, -0.2) is 0 Å². The molecule has 0 aromatic carbocycles. The lowest BCUT2D eigenvalue weighted by Crippen LogP contribution is -2.10. The fourth-order valence-corrected chi connectivity index (χ4v) is 0.542. The molecule has 1 aliphatic heterocycles.